The Morgan fingerprint density at radius 3 is 2.46 bits per heavy atom. The van der Waals surface area contributed by atoms with Crippen molar-refractivity contribution in [2.45, 2.75) is 63.6 Å². The van der Waals surface area contributed by atoms with E-state index in [9.17, 15) is 14.7 Å². The quantitative estimate of drug-likeness (QED) is 0.496. The summed E-state index contributed by atoms with van der Waals surface area (Å²) in [5.41, 5.74) is 1.09. The molecule has 1 aliphatic heterocycles. The van der Waals surface area contributed by atoms with Crippen LogP contribution < -0.4 is 4.90 Å². The number of likely N-dealkylation sites (tertiary alicyclic amines) is 1. The van der Waals surface area contributed by atoms with Gasteiger partial charge in [0.15, 0.2) is 5.78 Å². The van der Waals surface area contributed by atoms with Gasteiger partial charge < -0.3 is 19.6 Å². The molecule has 1 N–H and O–H groups in total. The lowest BCUT2D eigenvalue weighted by molar-refractivity contribution is -0.151. The highest BCUT2D eigenvalue weighted by atomic mass is 16.6. The molecule has 4 bridgehead atoms. The number of aromatic nitrogens is 2. The Kier molecular flexibility index (Phi) is 7.16. The number of Topliss-reactive ketones (excluding diaryl/α,β-unsaturated/α-hetero) is 1. The summed E-state index contributed by atoms with van der Waals surface area (Å²) >= 11 is 0. The zero-order valence-electron chi connectivity index (χ0n) is 23.3. The number of hydrogen-bond acceptors (Lipinski definition) is 6. The number of aryl methyl sites for hydroxylation is 1. The Morgan fingerprint density at radius 2 is 1.79 bits per heavy atom. The van der Waals surface area contributed by atoms with Gasteiger partial charge in [0.25, 0.3) is 0 Å². The van der Waals surface area contributed by atoms with E-state index in [4.69, 9.17) is 4.74 Å². The van der Waals surface area contributed by atoms with Gasteiger partial charge in [0.1, 0.15) is 18.1 Å². The maximum Gasteiger partial charge on any atom is 0.410 e. The highest BCUT2D eigenvalue weighted by Gasteiger charge is 2.54. The minimum Gasteiger partial charge on any atom is -0.445 e. The molecule has 39 heavy (non-hydrogen) atoms. The van der Waals surface area contributed by atoms with Crippen LogP contribution in [0.2, 0.25) is 0 Å². The molecule has 2 unspecified atom stereocenters. The average Bonchev–Trinajstić information content (AvgIpc) is 3.31. The molecule has 1 saturated heterocycles. The molecule has 8 heteroatoms. The molecule has 5 fully saturated rings. The Morgan fingerprint density at radius 1 is 1.10 bits per heavy atom. The topological polar surface area (TPSA) is 87.9 Å². The van der Waals surface area contributed by atoms with Crippen LogP contribution in [-0.4, -0.2) is 63.9 Å². The van der Waals surface area contributed by atoms with E-state index in [1.807, 2.05) is 53.0 Å². The first-order valence-corrected chi connectivity index (χ1v) is 14.7. The van der Waals surface area contributed by atoms with Crippen LogP contribution >= 0.6 is 0 Å². The van der Waals surface area contributed by atoms with E-state index in [1.165, 1.54) is 12.8 Å². The first-order valence-electron chi connectivity index (χ1n) is 14.7. The fraction of sp³-hybridized carbons (Fsp3) is 0.645. The highest BCUT2D eigenvalue weighted by molar-refractivity contribution is 5.95. The van der Waals surface area contributed by atoms with Gasteiger partial charge in [-0.2, -0.15) is 5.10 Å². The van der Waals surface area contributed by atoms with E-state index < -0.39 is 5.60 Å². The molecular weight excluding hydrogens is 492 g/mol. The molecule has 5 aliphatic rings. The minimum atomic E-state index is -0.463. The van der Waals surface area contributed by atoms with Crippen molar-refractivity contribution in [3.63, 3.8) is 0 Å². The van der Waals surface area contributed by atoms with Crippen LogP contribution in [0.25, 0.3) is 0 Å². The largest absolute Gasteiger partial charge is 0.445 e. The Hall–Kier alpha value is -2.87. The number of rotatable bonds is 8. The lowest BCUT2D eigenvalue weighted by Crippen LogP contribution is -2.54. The molecule has 0 spiro atoms. The number of carbonyl (C=O) groups excluding carboxylic acids is 2. The van der Waals surface area contributed by atoms with Gasteiger partial charge in [-0.3, -0.25) is 9.48 Å². The van der Waals surface area contributed by atoms with Gasteiger partial charge in [-0.1, -0.05) is 30.3 Å². The number of benzene rings is 1. The molecule has 8 nitrogen and oxygen atoms in total. The molecule has 2 atom stereocenters. The SMILES string of the molecule is CN(CC1CCN(C(=O)OCc2ccccc2)CC1)c1cc(C(=O)CC2C3CC4CC2CC(O)(C4)C3)nn1C. The van der Waals surface area contributed by atoms with Crippen molar-refractivity contribution in [1.82, 2.24) is 14.7 Å². The van der Waals surface area contributed by atoms with Gasteiger partial charge in [-0.25, -0.2) is 4.79 Å². The van der Waals surface area contributed by atoms with Crippen molar-refractivity contribution in [1.29, 1.82) is 0 Å². The lowest BCUT2D eigenvalue weighted by Gasteiger charge is -2.58. The molecule has 4 saturated carbocycles. The summed E-state index contributed by atoms with van der Waals surface area (Å²) < 4.78 is 7.33. The normalized spacial score (nSPS) is 30.0. The van der Waals surface area contributed by atoms with Crippen molar-refractivity contribution < 1.29 is 19.4 Å². The van der Waals surface area contributed by atoms with Crippen LogP contribution in [0.4, 0.5) is 10.6 Å². The van der Waals surface area contributed by atoms with Crippen molar-refractivity contribution in [3.05, 3.63) is 47.7 Å². The van der Waals surface area contributed by atoms with Crippen LogP contribution in [-0.2, 0) is 18.4 Å². The molecular formula is C31H42N4O4. The van der Waals surface area contributed by atoms with Gasteiger partial charge in [-0.05, 0) is 80.1 Å². The second-order valence-electron chi connectivity index (χ2n) is 12.8. The average molecular weight is 535 g/mol. The van der Waals surface area contributed by atoms with E-state index in [2.05, 4.69) is 17.0 Å². The fourth-order valence-electron chi connectivity index (χ4n) is 8.28. The Bertz CT molecular complexity index is 1170. The third kappa shape index (κ3) is 5.58. The lowest BCUT2D eigenvalue weighted by atomic mass is 9.49. The third-order valence-corrected chi connectivity index (χ3v) is 10.00. The van der Waals surface area contributed by atoms with Crippen molar-refractivity contribution in [2.24, 2.45) is 36.6 Å². The van der Waals surface area contributed by atoms with Crippen LogP contribution in [0.5, 0.6) is 0 Å². The zero-order valence-corrected chi connectivity index (χ0v) is 23.3. The molecule has 1 aromatic heterocycles. The van der Waals surface area contributed by atoms with Crippen LogP contribution in [0.1, 0.15) is 67.4 Å². The van der Waals surface area contributed by atoms with Gasteiger partial charge in [-0.15, -0.1) is 0 Å². The molecule has 2 heterocycles. The van der Waals surface area contributed by atoms with E-state index in [-0.39, 0.29) is 11.9 Å². The molecule has 0 radical (unpaired) electrons. The first kappa shape index (κ1) is 26.4. The fourth-order valence-corrected chi connectivity index (χ4v) is 8.28. The third-order valence-electron chi connectivity index (χ3n) is 10.00. The Balaban J connectivity index is 0.990. The number of aliphatic hydroxyl groups is 1. The van der Waals surface area contributed by atoms with E-state index in [1.54, 1.807) is 0 Å². The summed E-state index contributed by atoms with van der Waals surface area (Å²) in [5.74, 6) is 3.55. The van der Waals surface area contributed by atoms with E-state index in [0.717, 1.165) is 50.0 Å². The summed E-state index contributed by atoms with van der Waals surface area (Å²) in [6, 6.07) is 11.7. The maximum absolute atomic E-state index is 13.3. The maximum atomic E-state index is 13.3. The number of ether oxygens (including phenoxy) is 1. The number of amides is 1. The molecule has 7 rings (SSSR count). The second kappa shape index (κ2) is 10.6. The number of anilines is 1. The molecule has 1 amide bonds. The number of piperidine rings is 1. The zero-order chi connectivity index (χ0) is 27.1. The minimum absolute atomic E-state index is 0.136. The van der Waals surface area contributed by atoms with Crippen LogP contribution in [0, 0.1) is 29.6 Å². The number of nitrogens with zero attached hydrogens (tertiary/aromatic N) is 4. The molecule has 1 aromatic carbocycles. The van der Waals surface area contributed by atoms with E-state index in [0.29, 0.717) is 61.4 Å². The summed E-state index contributed by atoms with van der Waals surface area (Å²) in [5, 5.41) is 15.5. The van der Waals surface area contributed by atoms with E-state index >= 15 is 0 Å². The summed E-state index contributed by atoms with van der Waals surface area (Å²) in [4.78, 5) is 29.8. The molecule has 4 aliphatic carbocycles. The first-order chi connectivity index (χ1) is 18.8. The highest BCUT2D eigenvalue weighted by Crippen LogP contribution is 2.59. The van der Waals surface area contributed by atoms with Crippen LogP contribution in [0.15, 0.2) is 36.4 Å². The summed E-state index contributed by atoms with van der Waals surface area (Å²) in [6.45, 7) is 2.55. The van der Waals surface area contributed by atoms with Gasteiger partial charge in [0.2, 0.25) is 0 Å². The number of hydrogen-bond donors (Lipinski definition) is 1. The van der Waals surface area contributed by atoms with Crippen molar-refractivity contribution >= 4 is 17.7 Å². The van der Waals surface area contributed by atoms with Crippen molar-refractivity contribution in [3.8, 4) is 0 Å². The standard InChI is InChI=1S/C31H42N4O4/c1-33(19-21-8-10-35(11-9-21)30(37)39-20-22-6-4-3-5-7-22)29-15-27(32-34(29)2)28(36)14-26-24-12-23-13-25(26)18-31(38,16-23)17-24/h3-7,15,21,23-26,38H,8-14,16-20H2,1-2H3. The molecule has 2 aromatic rings. The Labute approximate surface area is 231 Å². The predicted octanol–water partition coefficient (Wildman–Crippen LogP) is 4.67. The number of carbonyl (C=O) groups is 2. The summed E-state index contributed by atoms with van der Waals surface area (Å²) in [6.07, 6.45) is 7.22. The van der Waals surface area contributed by atoms with Crippen LogP contribution in [0.3, 0.4) is 0 Å². The molecule has 210 valence electrons. The van der Waals surface area contributed by atoms with Gasteiger partial charge >= 0.3 is 6.09 Å². The second-order valence-corrected chi connectivity index (χ2v) is 12.8. The van der Waals surface area contributed by atoms with Gasteiger partial charge in [0, 0.05) is 46.2 Å². The van der Waals surface area contributed by atoms with Gasteiger partial charge in [0.05, 0.1) is 5.60 Å². The summed E-state index contributed by atoms with van der Waals surface area (Å²) in [7, 11) is 3.97. The smallest absolute Gasteiger partial charge is 0.410 e. The predicted molar refractivity (Wildman–Crippen MR) is 148 cm³/mol. The monoisotopic (exact) mass is 534 g/mol. The van der Waals surface area contributed by atoms with Crippen molar-refractivity contribution in [2.75, 3.05) is 31.6 Å². The number of ketones is 1.